The van der Waals surface area contributed by atoms with Gasteiger partial charge in [-0.1, -0.05) is 0 Å². The van der Waals surface area contributed by atoms with Crippen LogP contribution in [0.4, 0.5) is 0 Å². The third-order valence-electron chi connectivity index (χ3n) is 6.37. The van der Waals surface area contributed by atoms with Crippen molar-refractivity contribution in [1.82, 2.24) is 25.6 Å². The minimum atomic E-state index is -0.201. The first-order valence-electron chi connectivity index (χ1n) is 11.6. The highest BCUT2D eigenvalue weighted by molar-refractivity contribution is 8.01. The Labute approximate surface area is 211 Å². The maximum atomic E-state index is 12.7. The summed E-state index contributed by atoms with van der Waals surface area (Å²) in [7, 11) is 0. The molecule has 0 saturated carbocycles. The number of halogens is 1. The molecule has 9 nitrogen and oxygen atoms in total. The van der Waals surface area contributed by atoms with Crippen LogP contribution in [-0.2, 0) is 20.9 Å². The number of nitrogens with one attached hydrogen (secondary N) is 2. The molecule has 4 atom stereocenters. The summed E-state index contributed by atoms with van der Waals surface area (Å²) in [5.41, 5.74) is 2.57. The summed E-state index contributed by atoms with van der Waals surface area (Å²) in [5, 5.41) is 7.51. The van der Waals surface area contributed by atoms with E-state index in [0.29, 0.717) is 37.1 Å². The van der Waals surface area contributed by atoms with Gasteiger partial charge in [-0.25, -0.2) is 9.97 Å². The van der Waals surface area contributed by atoms with Crippen LogP contribution in [0.1, 0.15) is 30.5 Å². The molecule has 0 spiro atoms. The number of amides is 1. The van der Waals surface area contributed by atoms with Gasteiger partial charge in [0.25, 0.3) is 0 Å². The summed E-state index contributed by atoms with van der Waals surface area (Å²) in [6.07, 6.45) is 2.51. The lowest BCUT2D eigenvalue weighted by Gasteiger charge is -2.17. The van der Waals surface area contributed by atoms with Crippen LogP contribution in [0, 0.1) is 0 Å². The highest BCUT2D eigenvalue weighted by Crippen LogP contribution is 2.48. The van der Waals surface area contributed by atoms with Crippen molar-refractivity contribution in [1.29, 1.82) is 0 Å². The molecule has 0 radical (unpaired) electrons. The highest BCUT2D eigenvalue weighted by Gasteiger charge is 2.41. The molecule has 182 valence electrons. The fourth-order valence-electron chi connectivity index (χ4n) is 4.63. The average Bonchev–Trinajstić information content (AvgIpc) is 3.47. The summed E-state index contributed by atoms with van der Waals surface area (Å²) in [4.78, 5) is 26.9. The topological polar surface area (TPSA) is 107 Å². The molecule has 3 aromatic rings. The van der Waals surface area contributed by atoms with Gasteiger partial charge in [-0.3, -0.25) is 4.79 Å². The summed E-state index contributed by atoms with van der Waals surface area (Å²) >= 11 is 7.64. The van der Waals surface area contributed by atoms with Crippen LogP contribution in [0.5, 0.6) is 11.8 Å². The van der Waals surface area contributed by atoms with E-state index >= 15 is 0 Å². The standard InChI is InChI=1S/C24H24ClN5O4S/c1-12-8-26-20-19-15-2-5-18(29-16(15)3-4-17(19)35-21(20)22(31)28-12)34-23-13(9-27-24(25)30-23)10-33-14-6-7-32-11-14/h2-5,9,12,14,20-21,26H,6-8,10-11H2,1H3,(H,28,31)/t12-,14+,20?,21?/m1/s1. The molecule has 11 heteroatoms. The SMILES string of the molecule is C[C@@H]1CNC2c3c(ccc4nc(Oc5nc(Cl)ncc5CO[C@H]5CCOC5)ccc34)SC2C(=O)N1. The van der Waals surface area contributed by atoms with Crippen molar-refractivity contribution in [2.75, 3.05) is 19.8 Å². The maximum Gasteiger partial charge on any atom is 0.235 e. The zero-order valence-electron chi connectivity index (χ0n) is 19.0. The van der Waals surface area contributed by atoms with Crippen molar-refractivity contribution in [2.24, 2.45) is 0 Å². The van der Waals surface area contributed by atoms with Crippen molar-refractivity contribution >= 4 is 40.2 Å². The molecule has 6 rings (SSSR count). The normalized spacial score (nSPS) is 25.7. The Morgan fingerprint density at radius 2 is 2.17 bits per heavy atom. The van der Waals surface area contributed by atoms with Gasteiger partial charge in [-0.2, -0.15) is 4.98 Å². The van der Waals surface area contributed by atoms with Crippen LogP contribution in [0.3, 0.4) is 0 Å². The number of pyridine rings is 1. The molecule has 1 aromatic carbocycles. The van der Waals surface area contributed by atoms with Gasteiger partial charge in [0.1, 0.15) is 5.25 Å². The number of carbonyl (C=O) groups is 1. The molecule has 2 N–H and O–H groups in total. The van der Waals surface area contributed by atoms with Gasteiger partial charge in [0.2, 0.25) is 23.0 Å². The second kappa shape index (κ2) is 9.51. The first-order chi connectivity index (χ1) is 17.0. The predicted molar refractivity (Wildman–Crippen MR) is 131 cm³/mol. The van der Waals surface area contributed by atoms with Gasteiger partial charge in [0, 0.05) is 41.7 Å². The van der Waals surface area contributed by atoms with Crippen LogP contribution >= 0.6 is 23.4 Å². The van der Waals surface area contributed by atoms with E-state index < -0.39 is 0 Å². The smallest absolute Gasteiger partial charge is 0.235 e. The molecule has 2 saturated heterocycles. The lowest BCUT2D eigenvalue weighted by atomic mass is 9.98. The second-order valence-corrected chi connectivity index (χ2v) is 10.4. The van der Waals surface area contributed by atoms with Crippen molar-refractivity contribution in [3.8, 4) is 11.8 Å². The van der Waals surface area contributed by atoms with E-state index in [0.717, 1.165) is 27.8 Å². The number of hydrogen-bond acceptors (Lipinski definition) is 9. The molecule has 1 amide bonds. The molecule has 5 heterocycles. The Morgan fingerprint density at radius 3 is 3.03 bits per heavy atom. The Morgan fingerprint density at radius 1 is 1.26 bits per heavy atom. The zero-order valence-corrected chi connectivity index (χ0v) is 20.6. The first-order valence-corrected chi connectivity index (χ1v) is 12.8. The van der Waals surface area contributed by atoms with Crippen LogP contribution in [0.15, 0.2) is 35.4 Å². The van der Waals surface area contributed by atoms with Gasteiger partial charge < -0.3 is 24.8 Å². The Bertz CT molecular complexity index is 1290. The predicted octanol–water partition coefficient (Wildman–Crippen LogP) is 3.40. The fourth-order valence-corrected chi connectivity index (χ4v) is 6.08. The number of aromatic nitrogens is 3. The molecule has 35 heavy (non-hydrogen) atoms. The van der Waals surface area contributed by atoms with Gasteiger partial charge in [0.05, 0.1) is 36.4 Å². The van der Waals surface area contributed by atoms with Crippen LogP contribution in [-0.4, -0.2) is 58.0 Å². The van der Waals surface area contributed by atoms with Crippen molar-refractivity contribution in [3.05, 3.63) is 46.9 Å². The molecular formula is C24H24ClN5O4S. The maximum absolute atomic E-state index is 12.7. The number of hydrogen-bond donors (Lipinski definition) is 2. The number of thioether (sulfide) groups is 1. The van der Waals surface area contributed by atoms with E-state index in [4.69, 9.17) is 30.8 Å². The van der Waals surface area contributed by atoms with Crippen LogP contribution in [0.25, 0.3) is 10.9 Å². The third kappa shape index (κ3) is 4.56. The number of rotatable bonds is 5. The molecule has 2 aromatic heterocycles. The first kappa shape index (κ1) is 22.9. The largest absolute Gasteiger partial charge is 0.420 e. The lowest BCUT2D eigenvalue weighted by Crippen LogP contribution is -2.37. The number of benzene rings is 1. The van der Waals surface area contributed by atoms with Crippen molar-refractivity contribution < 1.29 is 19.0 Å². The summed E-state index contributed by atoms with van der Waals surface area (Å²) in [6.45, 7) is 4.29. The van der Waals surface area contributed by atoms with E-state index in [1.54, 1.807) is 18.0 Å². The zero-order chi connectivity index (χ0) is 23.9. The number of ether oxygens (including phenoxy) is 3. The summed E-state index contributed by atoms with van der Waals surface area (Å²) in [5.74, 6) is 0.762. The van der Waals surface area contributed by atoms with E-state index in [1.165, 1.54) is 0 Å². The average molecular weight is 514 g/mol. The van der Waals surface area contributed by atoms with Gasteiger partial charge >= 0.3 is 0 Å². The third-order valence-corrected chi connectivity index (χ3v) is 7.90. The number of fused-ring (bicyclic) bond motifs is 5. The van der Waals surface area contributed by atoms with Crippen LogP contribution in [0.2, 0.25) is 5.28 Å². The quantitative estimate of drug-likeness (QED) is 0.496. The van der Waals surface area contributed by atoms with E-state index in [1.807, 2.05) is 31.2 Å². The molecule has 2 unspecified atom stereocenters. The molecule has 3 aliphatic heterocycles. The van der Waals surface area contributed by atoms with Crippen molar-refractivity contribution in [2.45, 2.75) is 48.3 Å². The highest BCUT2D eigenvalue weighted by atomic mass is 35.5. The molecule has 2 fully saturated rings. The van der Waals surface area contributed by atoms with Gasteiger partial charge in [-0.15, -0.1) is 11.8 Å². The summed E-state index contributed by atoms with van der Waals surface area (Å²) < 4.78 is 17.3. The Kier molecular flexibility index (Phi) is 6.23. The number of nitrogens with zero attached hydrogens (tertiary/aromatic N) is 3. The van der Waals surface area contributed by atoms with Gasteiger partial charge in [0.15, 0.2) is 0 Å². The van der Waals surface area contributed by atoms with E-state index in [9.17, 15) is 4.79 Å². The van der Waals surface area contributed by atoms with Crippen molar-refractivity contribution in [3.63, 3.8) is 0 Å². The lowest BCUT2D eigenvalue weighted by molar-refractivity contribution is -0.121. The summed E-state index contributed by atoms with van der Waals surface area (Å²) in [6, 6.07) is 7.80. The minimum Gasteiger partial charge on any atom is -0.420 e. The molecule has 0 bridgehead atoms. The number of carbonyl (C=O) groups excluding carboxylic acids is 1. The van der Waals surface area contributed by atoms with Crippen LogP contribution < -0.4 is 15.4 Å². The fraction of sp³-hybridized carbons (Fsp3) is 0.417. The Balaban J connectivity index is 1.28. The molecular weight excluding hydrogens is 490 g/mol. The van der Waals surface area contributed by atoms with Gasteiger partial charge in [-0.05, 0) is 48.7 Å². The van der Waals surface area contributed by atoms with E-state index in [2.05, 4.69) is 20.6 Å². The monoisotopic (exact) mass is 513 g/mol. The van der Waals surface area contributed by atoms with E-state index in [-0.39, 0.29) is 41.2 Å². The minimum absolute atomic E-state index is 0.0452. The second-order valence-electron chi connectivity index (χ2n) is 8.90. The molecule has 0 aliphatic carbocycles. The molecule has 3 aliphatic rings. The Hall–Kier alpha value is -2.50.